The van der Waals surface area contributed by atoms with Gasteiger partial charge in [0, 0.05) is 6.42 Å². The molecule has 3 N–H and O–H groups in total. The number of carbonyl (C=O) groups is 1. The number of aliphatic hydroxyl groups is 2. The van der Waals surface area contributed by atoms with Crippen molar-refractivity contribution < 1.29 is 15.0 Å². The Morgan fingerprint density at radius 2 is 0.582 bits per heavy atom. The minimum Gasteiger partial charge on any atom is -0.394 e. The number of amides is 1. The maximum absolute atomic E-state index is 12.5. The highest BCUT2D eigenvalue weighted by Gasteiger charge is 2.18. The van der Waals surface area contributed by atoms with Gasteiger partial charge in [0.1, 0.15) is 0 Å². The van der Waals surface area contributed by atoms with Crippen LogP contribution in [0.25, 0.3) is 0 Å². The van der Waals surface area contributed by atoms with Crippen LogP contribution in [0.4, 0.5) is 0 Å². The molecule has 2 unspecified atom stereocenters. The van der Waals surface area contributed by atoms with E-state index in [0.717, 1.165) is 38.5 Å². The Balaban J connectivity index is 3.52. The van der Waals surface area contributed by atoms with Crippen LogP contribution >= 0.6 is 0 Å². The van der Waals surface area contributed by atoms with Gasteiger partial charge in [0.15, 0.2) is 0 Å². The predicted octanol–water partition coefficient (Wildman–Crippen LogP) is 20.2. The molecule has 0 saturated carbocycles. The molecule has 0 aliphatic rings. The summed E-state index contributed by atoms with van der Waals surface area (Å²) in [7, 11) is 0. The molecule has 4 heteroatoms. The van der Waals surface area contributed by atoms with Gasteiger partial charge in [-0.15, -0.1) is 0 Å². The van der Waals surface area contributed by atoms with Crippen LogP contribution in [-0.2, 0) is 4.79 Å². The molecule has 0 rings (SSSR count). The fourth-order valence-corrected chi connectivity index (χ4v) is 9.39. The van der Waals surface area contributed by atoms with Gasteiger partial charge in [0.25, 0.3) is 0 Å². The molecule has 0 saturated heterocycles. The van der Waals surface area contributed by atoms with E-state index in [4.69, 9.17) is 0 Å². The third-order valence-electron chi connectivity index (χ3n) is 14.0. The Hall–Kier alpha value is -1.65. The van der Waals surface area contributed by atoms with E-state index in [2.05, 4.69) is 55.6 Å². The van der Waals surface area contributed by atoms with Gasteiger partial charge in [0.05, 0.1) is 18.8 Å². The first-order chi connectivity index (χ1) is 33.2. The van der Waals surface area contributed by atoms with Crippen LogP contribution in [0.1, 0.15) is 328 Å². The van der Waals surface area contributed by atoms with Gasteiger partial charge in [0.2, 0.25) is 5.91 Å². The molecular weight excluding hydrogens is 819 g/mol. The van der Waals surface area contributed by atoms with E-state index in [1.165, 1.54) is 270 Å². The third kappa shape index (κ3) is 55.2. The van der Waals surface area contributed by atoms with Crippen LogP contribution < -0.4 is 5.32 Å². The normalized spacial score (nSPS) is 13.1. The second-order valence-corrected chi connectivity index (χ2v) is 20.7. The number of nitrogens with one attached hydrogen (secondary N) is 1. The van der Waals surface area contributed by atoms with Gasteiger partial charge in [-0.2, -0.15) is 0 Å². The standard InChI is InChI=1S/C63H119NO3/c1-3-5-7-9-11-13-15-17-19-21-23-25-27-29-31-33-34-36-38-40-42-44-46-48-50-52-54-56-58-62(66)61(60-65)64-63(67)59-57-55-53-51-49-47-45-43-41-39-37-35-32-30-28-26-24-22-20-18-16-14-12-10-8-6-4-2/h22,24,40,42,48,50,56,58,61-62,65-66H,3-21,23,25-39,41,43-47,49,51-55,57,59-60H2,1-2H3,(H,64,67)/b24-22-,42-40+,50-48+,58-56+. The van der Waals surface area contributed by atoms with Crippen molar-refractivity contribution in [2.24, 2.45) is 0 Å². The maximum atomic E-state index is 12.5. The van der Waals surface area contributed by atoms with Gasteiger partial charge in [-0.1, -0.05) is 300 Å². The van der Waals surface area contributed by atoms with Gasteiger partial charge < -0.3 is 15.5 Å². The Labute approximate surface area is 420 Å². The van der Waals surface area contributed by atoms with Gasteiger partial charge in [-0.3, -0.25) is 4.79 Å². The molecule has 0 radical (unpaired) electrons. The average molecular weight is 939 g/mol. The molecule has 2 atom stereocenters. The fraction of sp³-hybridized carbons (Fsp3) is 0.857. The SMILES string of the molecule is CCCCCCCCCC/C=C\CCCCCCCCCCCCCCCCCC(=O)NC(CO)C(O)/C=C/CC/C=C/CC/C=C/CCCCCCCCCCCCCCCCCCCC. The van der Waals surface area contributed by atoms with Gasteiger partial charge >= 0.3 is 0 Å². The molecule has 0 aromatic rings. The minimum absolute atomic E-state index is 0.0735. The van der Waals surface area contributed by atoms with Gasteiger partial charge in [-0.25, -0.2) is 0 Å². The Morgan fingerprint density at radius 1 is 0.343 bits per heavy atom. The molecule has 0 aromatic heterocycles. The van der Waals surface area contributed by atoms with Crippen molar-refractivity contribution in [3.05, 3.63) is 48.6 Å². The summed E-state index contributed by atoms with van der Waals surface area (Å²) in [6, 6.07) is -0.647. The summed E-state index contributed by atoms with van der Waals surface area (Å²) >= 11 is 0. The number of hydrogen-bond acceptors (Lipinski definition) is 3. The average Bonchev–Trinajstić information content (AvgIpc) is 3.33. The minimum atomic E-state index is -0.871. The summed E-state index contributed by atoms with van der Waals surface area (Å²) in [6.45, 7) is 4.33. The van der Waals surface area contributed by atoms with Crippen molar-refractivity contribution in [2.75, 3.05) is 6.61 Å². The number of aliphatic hydroxyl groups excluding tert-OH is 2. The van der Waals surface area contributed by atoms with Crippen molar-refractivity contribution in [3.8, 4) is 0 Å². The summed E-state index contributed by atoms with van der Waals surface area (Å²) in [5.41, 5.74) is 0. The first-order valence-corrected chi connectivity index (χ1v) is 30.4. The lowest BCUT2D eigenvalue weighted by Crippen LogP contribution is -2.45. The third-order valence-corrected chi connectivity index (χ3v) is 14.0. The highest BCUT2D eigenvalue weighted by molar-refractivity contribution is 5.76. The van der Waals surface area contributed by atoms with Crippen molar-refractivity contribution in [3.63, 3.8) is 0 Å². The first-order valence-electron chi connectivity index (χ1n) is 30.4. The molecule has 1 amide bonds. The molecule has 0 aliphatic carbocycles. The molecule has 4 nitrogen and oxygen atoms in total. The van der Waals surface area contributed by atoms with Crippen molar-refractivity contribution in [1.82, 2.24) is 5.32 Å². The summed E-state index contributed by atoms with van der Waals surface area (Å²) < 4.78 is 0. The molecule has 0 aromatic carbocycles. The molecule has 0 heterocycles. The van der Waals surface area contributed by atoms with Crippen molar-refractivity contribution >= 4 is 5.91 Å². The molecular formula is C63H119NO3. The fourth-order valence-electron chi connectivity index (χ4n) is 9.39. The van der Waals surface area contributed by atoms with E-state index in [1.807, 2.05) is 6.08 Å². The zero-order chi connectivity index (χ0) is 48.5. The van der Waals surface area contributed by atoms with E-state index >= 15 is 0 Å². The lowest BCUT2D eigenvalue weighted by molar-refractivity contribution is -0.123. The maximum Gasteiger partial charge on any atom is 0.220 e. The number of hydrogen-bond donors (Lipinski definition) is 3. The number of carbonyl (C=O) groups excluding carboxylic acids is 1. The number of rotatable bonds is 56. The molecule has 0 aliphatic heterocycles. The first kappa shape index (κ1) is 65.3. The summed E-state index contributed by atoms with van der Waals surface area (Å²) in [5.74, 6) is -0.0735. The second-order valence-electron chi connectivity index (χ2n) is 20.7. The molecule has 394 valence electrons. The van der Waals surface area contributed by atoms with E-state index in [-0.39, 0.29) is 12.5 Å². The summed E-state index contributed by atoms with van der Waals surface area (Å²) in [6.07, 6.45) is 81.6. The van der Waals surface area contributed by atoms with Crippen LogP contribution in [0.5, 0.6) is 0 Å². The topological polar surface area (TPSA) is 69.6 Å². The molecule has 0 fully saturated rings. The molecule has 0 spiro atoms. The Bertz CT molecular complexity index is 1060. The predicted molar refractivity (Wildman–Crippen MR) is 299 cm³/mol. The quantitative estimate of drug-likeness (QED) is 0.0420. The van der Waals surface area contributed by atoms with Crippen molar-refractivity contribution in [2.45, 2.75) is 341 Å². The summed E-state index contributed by atoms with van der Waals surface area (Å²) in [4.78, 5) is 12.5. The monoisotopic (exact) mass is 938 g/mol. The largest absolute Gasteiger partial charge is 0.394 e. The van der Waals surface area contributed by atoms with E-state index in [0.29, 0.717) is 6.42 Å². The van der Waals surface area contributed by atoms with Gasteiger partial charge in [-0.05, 0) is 70.6 Å². The van der Waals surface area contributed by atoms with Crippen LogP contribution in [-0.4, -0.2) is 34.9 Å². The van der Waals surface area contributed by atoms with Crippen LogP contribution in [0.15, 0.2) is 48.6 Å². The smallest absolute Gasteiger partial charge is 0.220 e. The second kappa shape index (κ2) is 58.7. The Morgan fingerprint density at radius 3 is 0.866 bits per heavy atom. The van der Waals surface area contributed by atoms with E-state index < -0.39 is 12.1 Å². The number of allylic oxidation sites excluding steroid dienone is 7. The highest BCUT2D eigenvalue weighted by Crippen LogP contribution is 2.17. The van der Waals surface area contributed by atoms with Crippen LogP contribution in [0, 0.1) is 0 Å². The highest BCUT2D eigenvalue weighted by atomic mass is 16.3. The lowest BCUT2D eigenvalue weighted by Gasteiger charge is -2.19. The Kier molecular flexibility index (Phi) is 57.2. The lowest BCUT2D eigenvalue weighted by atomic mass is 10.0. The molecule has 67 heavy (non-hydrogen) atoms. The zero-order valence-electron chi connectivity index (χ0n) is 45.4. The van der Waals surface area contributed by atoms with E-state index in [9.17, 15) is 15.0 Å². The summed E-state index contributed by atoms with van der Waals surface area (Å²) in [5, 5.41) is 23.2. The van der Waals surface area contributed by atoms with E-state index in [1.54, 1.807) is 6.08 Å². The van der Waals surface area contributed by atoms with Crippen molar-refractivity contribution in [1.29, 1.82) is 0 Å². The van der Waals surface area contributed by atoms with Crippen LogP contribution in [0.3, 0.4) is 0 Å². The van der Waals surface area contributed by atoms with Crippen LogP contribution in [0.2, 0.25) is 0 Å². The number of unbranched alkanes of at least 4 members (excludes halogenated alkanes) is 43. The zero-order valence-corrected chi connectivity index (χ0v) is 45.4. The molecule has 0 bridgehead atoms.